The van der Waals surface area contributed by atoms with Gasteiger partial charge in [-0.05, 0) is 42.9 Å². The van der Waals surface area contributed by atoms with E-state index in [-0.39, 0.29) is 19.0 Å². The van der Waals surface area contributed by atoms with Gasteiger partial charge < -0.3 is 25.0 Å². The molecule has 5 rings (SSSR count). The Balaban J connectivity index is 0.000000437. The number of hydrogen-bond donors (Lipinski definition) is 4. The van der Waals surface area contributed by atoms with Gasteiger partial charge in [0.05, 0.1) is 19.3 Å². The Labute approximate surface area is 186 Å². The Morgan fingerprint density at radius 1 is 1.12 bits per heavy atom. The van der Waals surface area contributed by atoms with Crippen molar-refractivity contribution in [2.75, 3.05) is 39.4 Å². The molecule has 32 heavy (non-hydrogen) atoms. The minimum Gasteiger partial charge on any atom is -0.483 e. The molecule has 176 valence electrons. The molecule has 10 heteroatoms. The molecule has 3 fully saturated rings. The van der Waals surface area contributed by atoms with Gasteiger partial charge in [-0.3, -0.25) is 19.4 Å². The summed E-state index contributed by atoms with van der Waals surface area (Å²) in [5, 5.41) is 25.7. The van der Waals surface area contributed by atoms with Crippen LogP contribution in [-0.2, 0) is 20.9 Å². The SMILES string of the molecule is O=CO.O=CO.O[C@@H]1C[C@H]2CN(Cc3cc4cccnc4[nH]3)C[C@H]2C[C@H]1N1CCOCC1. The number of aromatic nitrogens is 2. The lowest BCUT2D eigenvalue weighted by atomic mass is 9.77. The Hall–Kier alpha value is -2.53. The van der Waals surface area contributed by atoms with Crippen molar-refractivity contribution in [3.05, 3.63) is 30.1 Å². The van der Waals surface area contributed by atoms with Gasteiger partial charge in [-0.2, -0.15) is 0 Å². The lowest BCUT2D eigenvalue weighted by Crippen LogP contribution is -2.53. The van der Waals surface area contributed by atoms with Crippen LogP contribution in [0.15, 0.2) is 24.4 Å². The molecular formula is C22H32N4O6. The number of carbonyl (C=O) groups is 2. The summed E-state index contributed by atoms with van der Waals surface area (Å²) in [6, 6.07) is 6.63. The molecule has 2 aromatic rings. The summed E-state index contributed by atoms with van der Waals surface area (Å²) in [6.45, 7) is 6.22. The van der Waals surface area contributed by atoms with Crippen molar-refractivity contribution >= 4 is 24.0 Å². The monoisotopic (exact) mass is 448 g/mol. The molecule has 4 N–H and O–H groups in total. The second kappa shape index (κ2) is 11.9. The van der Waals surface area contributed by atoms with Crippen molar-refractivity contribution in [2.45, 2.75) is 31.5 Å². The van der Waals surface area contributed by atoms with Gasteiger partial charge in [-0.1, -0.05) is 0 Å². The van der Waals surface area contributed by atoms with Crippen molar-refractivity contribution < 1.29 is 29.6 Å². The van der Waals surface area contributed by atoms with Crippen LogP contribution in [0.25, 0.3) is 11.0 Å². The first-order chi connectivity index (χ1) is 15.6. The lowest BCUT2D eigenvalue weighted by molar-refractivity contribution is -0.123. The third kappa shape index (κ3) is 6.04. The molecule has 10 nitrogen and oxygen atoms in total. The van der Waals surface area contributed by atoms with Crippen molar-refractivity contribution in [1.29, 1.82) is 0 Å². The van der Waals surface area contributed by atoms with E-state index in [9.17, 15) is 5.11 Å². The number of pyridine rings is 1. The van der Waals surface area contributed by atoms with Crippen LogP contribution in [0.1, 0.15) is 18.5 Å². The Bertz CT molecular complexity index is 817. The van der Waals surface area contributed by atoms with Gasteiger partial charge in [0, 0.05) is 56.0 Å². The van der Waals surface area contributed by atoms with Gasteiger partial charge >= 0.3 is 0 Å². The van der Waals surface area contributed by atoms with Crippen LogP contribution in [0, 0.1) is 11.8 Å². The molecule has 1 aliphatic carbocycles. The number of fused-ring (bicyclic) bond motifs is 2. The molecule has 0 radical (unpaired) electrons. The van der Waals surface area contributed by atoms with E-state index in [0.29, 0.717) is 17.9 Å². The zero-order valence-corrected chi connectivity index (χ0v) is 18.0. The number of aliphatic hydroxyl groups is 1. The average molecular weight is 449 g/mol. The summed E-state index contributed by atoms with van der Waals surface area (Å²) < 4.78 is 5.48. The minimum absolute atomic E-state index is 0.188. The Morgan fingerprint density at radius 3 is 2.44 bits per heavy atom. The number of aromatic amines is 1. The fourth-order valence-corrected chi connectivity index (χ4v) is 5.28. The van der Waals surface area contributed by atoms with Gasteiger partial charge in [-0.15, -0.1) is 0 Å². The standard InChI is InChI=1S/C20H28N4O2.2CH2O2/c25-19-10-16-12-23(13-17-8-14-2-1-3-21-20(14)22-17)11-15(16)9-18(19)24-4-6-26-7-5-24;2*2-1-3/h1-3,8,15-16,18-19,25H,4-7,9-13H2,(H,21,22);2*1H,(H,2,3)/t15-,16+,18-,19-;;/m1../s1. The number of hydrogen-bond acceptors (Lipinski definition) is 7. The van der Waals surface area contributed by atoms with Crippen LogP contribution in [0.2, 0.25) is 0 Å². The maximum Gasteiger partial charge on any atom is 0.290 e. The Morgan fingerprint density at radius 2 is 1.78 bits per heavy atom. The smallest absolute Gasteiger partial charge is 0.290 e. The first kappa shape index (κ1) is 24.1. The largest absolute Gasteiger partial charge is 0.483 e. The predicted octanol–water partition coefficient (Wildman–Crippen LogP) is 0.868. The van der Waals surface area contributed by atoms with Crippen LogP contribution in [0.5, 0.6) is 0 Å². The highest BCUT2D eigenvalue weighted by Crippen LogP contribution is 2.39. The summed E-state index contributed by atoms with van der Waals surface area (Å²) in [4.78, 5) is 29.6. The molecule has 0 amide bonds. The van der Waals surface area contributed by atoms with Crippen LogP contribution in [0.4, 0.5) is 0 Å². The number of morpholine rings is 1. The number of nitrogens with zero attached hydrogens (tertiary/aromatic N) is 3. The molecule has 0 unspecified atom stereocenters. The molecule has 4 atom stereocenters. The predicted molar refractivity (Wildman–Crippen MR) is 117 cm³/mol. The second-order valence-corrected chi connectivity index (χ2v) is 8.42. The Kier molecular flexibility index (Phi) is 8.98. The second-order valence-electron chi connectivity index (χ2n) is 8.42. The number of aliphatic hydroxyl groups excluding tert-OH is 1. The van der Waals surface area contributed by atoms with E-state index in [1.54, 1.807) is 0 Å². The maximum atomic E-state index is 10.7. The number of rotatable bonds is 3. The molecule has 0 aromatic carbocycles. The fourth-order valence-electron chi connectivity index (χ4n) is 5.28. The van der Waals surface area contributed by atoms with Gasteiger partial charge in [0.15, 0.2) is 0 Å². The quantitative estimate of drug-likeness (QED) is 0.504. The van der Waals surface area contributed by atoms with Crippen LogP contribution >= 0.6 is 0 Å². The number of likely N-dealkylation sites (tertiary alicyclic amines) is 1. The van der Waals surface area contributed by atoms with Gasteiger partial charge in [-0.25, -0.2) is 4.98 Å². The lowest BCUT2D eigenvalue weighted by Gasteiger charge is -2.43. The highest BCUT2D eigenvalue weighted by Gasteiger charge is 2.43. The van der Waals surface area contributed by atoms with Gasteiger partial charge in [0.1, 0.15) is 5.65 Å². The molecule has 4 heterocycles. The maximum absolute atomic E-state index is 10.7. The molecule has 0 spiro atoms. The van der Waals surface area contributed by atoms with E-state index in [1.165, 1.54) is 11.1 Å². The molecule has 0 bridgehead atoms. The summed E-state index contributed by atoms with van der Waals surface area (Å²) in [7, 11) is 0. The first-order valence-corrected chi connectivity index (χ1v) is 10.9. The van der Waals surface area contributed by atoms with Crippen LogP contribution in [0.3, 0.4) is 0 Å². The topological polar surface area (TPSA) is 139 Å². The highest BCUT2D eigenvalue weighted by atomic mass is 16.5. The van der Waals surface area contributed by atoms with Crippen molar-refractivity contribution in [3.8, 4) is 0 Å². The summed E-state index contributed by atoms with van der Waals surface area (Å²) >= 11 is 0. The van der Waals surface area contributed by atoms with Crippen molar-refractivity contribution in [2.24, 2.45) is 11.8 Å². The number of nitrogens with one attached hydrogen (secondary N) is 1. The highest BCUT2D eigenvalue weighted by molar-refractivity contribution is 5.76. The zero-order chi connectivity index (χ0) is 22.9. The molecule has 2 aromatic heterocycles. The zero-order valence-electron chi connectivity index (χ0n) is 18.0. The fraction of sp³-hybridized carbons (Fsp3) is 0.591. The van der Waals surface area contributed by atoms with E-state index in [0.717, 1.165) is 64.4 Å². The summed E-state index contributed by atoms with van der Waals surface area (Å²) in [6.07, 6.45) is 3.71. The van der Waals surface area contributed by atoms with Crippen LogP contribution in [-0.4, -0.2) is 99.6 Å². The third-order valence-corrected chi connectivity index (χ3v) is 6.54. The van der Waals surface area contributed by atoms with Crippen LogP contribution < -0.4 is 0 Å². The van der Waals surface area contributed by atoms with Crippen molar-refractivity contribution in [1.82, 2.24) is 19.8 Å². The van der Waals surface area contributed by atoms with E-state index in [2.05, 4.69) is 31.9 Å². The van der Waals surface area contributed by atoms with E-state index in [1.807, 2.05) is 12.3 Å². The molecular weight excluding hydrogens is 416 g/mol. The first-order valence-electron chi connectivity index (χ1n) is 10.9. The molecule has 2 aliphatic heterocycles. The van der Waals surface area contributed by atoms with Crippen molar-refractivity contribution in [3.63, 3.8) is 0 Å². The number of carboxylic acid groups (broad SMARTS) is 2. The van der Waals surface area contributed by atoms with E-state index >= 15 is 0 Å². The summed E-state index contributed by atoms with van der Waals surface area (Å²) in [5.74, 6) is 1.33. The molecule has 2 saturated heterocycles. The number of H-pyrrole nitrogens is 1. The minimum atomic E-state index is -0.250. The van der Waals surface area contributed by atoms with Gasteiger partial charge in [0.2, 0.25) is 0 Å². The molecule has 3 aliphatic rings. The summed E-state index contributed by atoms with van der Waals surface area (Å²) in [5.41, 5.74) is 2.21. The number of ether oxygens (including phenoxy) is 1. The van der Waals surface area contributed by atoms with Gasteiger partial charge in [0.25, 0.3) is 12.9 Å². The third-order valence-electron chi connectivity index (χ3n) is 6.54. The van der Waals surface area contributed by atoms with E-state index < -0.39 is 0 Å². The average Bonchev–Trinajstić information content (AvgIpc) is 3.37. The normalized spacial score (nSPS) is 28.0. The molecule has 1 saturated carbocycles. The van der Waals surface area contributed by atoms with E-state index in [4.69, 9.17) is 24.5 Å².